The van der Waals surface area contributed by atoms with Crippen LogP contribution < -0.4 is 4.90 Å². The fraction of sp³-hybridized carbons (Fsp3) is 0.533. The summed E-state index contributed by atoms with van der Waals surface area (Å²) in [5.41, 5.74) is 3.48. The van der Waals surface area contributed by atoms with Gasteiger partial charge in [0.2, 0.25) is 0 Å². The lowest BCUT2D eigenvalue weighted by Gasteiger charge is -2.41. The highest BCUT2D eigenvalue weighted by atomic mass is 28.3. The first-order valence-electron chi connectivity index (χ1n) is 14.0. The van der Waals surface area contributed by atoms with Crippen LogP contribution in [0, 0.1) is 5.82 Å². The lowest BCUT2D eigenvalue weighted by atomic mass is 9.73. The Morgan fingerprint density at radius 3 is 2.45 bits per heavy atom. The number of hydrogen-bond acceptors (Lipinski definition) is 5. The number of amides is 1. The first-order chi connectivity index (χ1) is 18.9. The van der Waals surface area contributed by atoms with E-state index in [9.17, 15) is 14.3 Å². The number of carboxylic acid groups (broad SMARTS) is 1. The van der Waals surface area contributed by atoms with Gasteiger partial charge in [-0.15, -0.1) is 0 Å². The molecule has 1 atom stereocenters. The fourth-order valence-corrected chi connectivity index (χ4v) is 5.94. The number of aromatic nitrogens is 2. The summed E-state index contributed by atoms with van der Waals surface area (Å²) in [5, 5.41) is 15.4. The monoisotopic (exact) mass is 570 g/mol. The molecule has 1 N–H and O–H groups in total. The normalized spacial score (nSPS) is 16.3. The molecule has 2 aromatic carbocycles. The molecule has 2 heterocycles. The van der Waals surface area contributed by atoms with E-state index in [2.05, 4.69) is 36.7 Å². The van der Waals surface area contributed by atoms with Crippen LogP contribution in [0.25, 0.3) is 10.9 Å². The average molecular weight is 571 g/mol. The van der Waals surface area contributed by atoms with Gasteiger partial charge in [-0.3, -0.25) is 0 Å². The molecular formula is C30H43FN4O4Si. The topological polar surface area (TPSA) is 80.1 Å². The van der Waals surface area contributed by atoms with Crippen molar-refractivity contribution in [2.45, 2.75) is 63.7 Å². The molecule has 8 nitrogen and oxygen atoms in total. The second-order valence-corrected chi connectivity index (χ2v) is 18.0. The largest absolute Gasteiger partial charge is 0.465 e. The van der Waals surface area contributed by atoms with Gasteiger partial charge in [-0.2, -0.15) is 5.10 Å². The summed E-state index contributed by atoms with van der Waals surface area (Å²) < 4.78 is 28.1. The highest BCUT2D eigenvalue weighted by Crippen LogP contribution is 2.38. The van der Waals surface area contributed by atoms with Gasteiger partial charge in [0.05, 0.1) is 18.2 Å². The summed E-state index contributed by atoms with van der Waals surface area (Å²) in [6.07, 6.45) is 2.05. The predicted molar refractivity (Wildman–Crippen MR) is 159 cm³/mol. The number of piperidine rings is 1. The van der Waals surface area contributed by atoms with Crippen molar-refractivity contribution in [2.24, 2.45) is 0 Å². The molecule has 0 saturated carbocycles. The van der Waals surface area contributed by atoms with Gasteiger partial charge in [0.1, 0.15) is 12.5 Å². The molecule has 10 heteroatoms. The maximum Gasteiger partial charge on any atom is 0.407 e. The minimum absolute atomic E-state index is 0.270. The molecule has 40 heavy (non-hydrogen) atoms. The van der Waals surface area contributed by atoms with Crippen LogP contribution in [-0.2, 0) is 21.6 Å². The van der Waals surface area contributed by atoms with Crippen LogP contribution in [0.1, 0.15) is 37.0 Å². The molecular weight excluding hydrogens is 527 g/mol. The van der Waals surface area contributed by atoms with E-state index < -0.39 is 19.6 Å². The van der Waals surface area contributed by atoms with Crippen molar-refractivity contribution in [2.75, 3.05) is 45.3 Å². The quantitative estimate of drug-likeness (QED) is 0.214. The third kappa shape index (κ3) is 7.21. The van der Waals surface area contributed by atoms with Crippen molar-refractivity contribution in [1.82, 2.24) is 14.7 Å². The Balaban J connectivity index is 1.56. The summed E-state index contributed by atoms with van der Waals surface area (Å²) >= 11 is 0. The third-order valence-corrected chi connectivity index (χ3v) is 9.61. The zero-order chi connectivity index (χ0) is 29.1. The van der Waals surface area contributed by atoms with Crippen LogP contribution in [0.15, 0.2) is 42.6 Å². The number of fused-ring (bicyclic) bond motifs is 1. The van der Waals surface area contributed by atoms with Crippen LogP contribution in [-0.4, -0.2) is 74.4 Å². The molecule has 1 saturated heterocycles. The predicted octanol–water partition coefficient (Wildman–Crippen LogP) is 6.34. The van der Waals surface area contributed by atoms with Gasteiger partial charge >= 0.3 is 6.09 Å². The smallest absolute Gasteiger partial charge is 0.407 e. The maximum absolute atomic E-state index is 13.7. The van der Waals surface area contributed by atoms with Crippen LogP contribution in [0.3, 0.4) is 0 Å². The zero-order valence-electron chi connectivity index (χ0n) is 24.6. The van der Waals surface area contributed by atoms with E-state index in [1.165, 1.54) is 17.0 Å². The van der Waals surface area contributed by atoms with Crippen LogP contribution in [0.5, 0.6) is 0 Å². The van der Waals surface area contributed by atoms with Gasteiger partial charge < -0.3 is 24.4 Å². The highest BCUT2D eigenvalue weighted by molar-refractivity contribution is 6.76. The minimum Gasteiger partial charge on any atom is -0.465 e. The molecule has 1 unspecified atom stereocenters. The van der Waals surface area contributed by atoms with Gasteiger partial charge in [-0.05, 0) is 55.6 Å². The van der Waals surface area contributed by atoms with Crippen LogP contribution in [0.2, 0.25) is 25.7 Å². The van der Waals surface area contributed by atoms with E-state index in [0.717, 1.165) is 40.4 Å². The van der Waals surface area contributed by atoms with E-state index in [1.54, 1.807) is 12.1 Å². The summed E-state index contributed by atoms with van der Waals surface area (Å²) in [7, 11) is 2.86. The average Bonchev–Trinajstić information content (AvgIpc) is 3.32. The molecule has 1 aromatic heterocycles. The van der Waals surface area contributed by atoms with Crippen molar-refractivity contribution >= 4 is 30.8 Å². The summed E-state index contributed by atoms with van der Waals surface area (Å²) in [6, 6.07) is 11.9. The van der Waals surface area contributed by atoms with E-state index in [4.69, 9.17) is 14.6 Å². The first-order valence-corrected chi connectivity index (χ1v) is 17.7. The molecule has 0 spiro atoms. The molecule has 3 aromatic rings. The summed E-state index contributed by atoms with van der Waals surface area (Å²) in [4.78, 5) is 15.1. The van der Waals surface area contributed by atoms with Crippen LogP contribution in [0.4, 0.5) is 14.9 Å². The van der Waals surface area contributed by atoms with Crippen molar-refractivity contribution in [3.05, 3.63) is 59.5 Å². The molecule has 1 fully saturated rings. The second-order valence-electron chi connectivity index (χ2n) is 12.4. The van der Waals surface area contributed by atoms with Crippen molar-refractivity contribution in [3.8, 4) is 0 Å². The third-order valence-electron chi connectivity index (χ3n) is 7.90. The number of likely N-dealkylation sites (tertiary alicyclic amines) is 1. The van der Waals surface area contributed by atoms with Crippen LogP contribution >= 0.6 is 0 Å². The number of rotatable bonds is 11. The van der Waals surface area contributed by atoms with Gasteiger partial charge in [0.15, 0.2) is 0 Å². The van der Waals surface area contributed by atoms with Gasteiger partial charge in [0, 0.05) is 70.1 Å². The Labute approximate surface area is 237 Å². The number of hydrogen-bond donors (Lipinski definition) is 1. The number of halogens is 1. The molecule has 218 valence electrons. The molecule has 0 bridgehead atoms. The summed E-state index contributed by atoms with van der Waals surface area (Å²) in [6.45, 7) is 11.4. The van der Waals surface area contributed by atoms with Gasteiger partial charge in [-0.25, -0.2) is 13.9 Å². The SMILES string of the molecule is CC(OCC1(c2ccc(F)cc2)CCN(C(=O)O)CC1)c1cc(N(C)C)cc2cn(COCC[Si](C)(C)C)nc12. The number of benzene rings is 2. The highest BCUT2D eigenvalue weighted by Gasteiger charge is 2.38. The Morgan fingerprint density at radius 1 is 1.18 bits per heavy atom. The van der Waals surface area contributed by atoms with E-state index in [1.807, 2.05) is 31.9 Å². The summed E-state index contributed by atoms with van der Waals surface area (Å²) in [5.74, 6) is -0.293. The van der Waals surface area contributed by atoms with Crippen molar-refractivity contribution in [1.29, 1.82) is 0 Å². The Hall–Kier alpha value is -2.95. The zero-order valence-corrected chi connectivity index (χ0v) is 25.6. The second kappa shape index (κ2) is 12.3. The number of carbonyl (C=O) groups is 1. The minimum atomic E-state index is -1.16. The first kappa shape index (κ1) is 30.0. The maximum atomic E-state index is 13.7. The molecule has 1 aliphatic heterocycles. The number of ether oxygens (including phenoxy) is 2. The van der Waals surface area contributed by atoms with E-state index >= 15 is 0 Å². The van der Waals surface area contributed by atoms with Crippen molar-refractivity contribution in [3.63, 3.8) is 0 Å². The molecule has 1 amide bonds. The number of anilines is 1. The van der Waals surface area contributed by atoms with Crippen molar-refractivity contribution < 1.29 is 23.8 Å². The Bertz CT molecular complexity index is 1300. The Morgan fingerprint density at radius 2 is 1.85 bits per heavy atom. The lowest BCUT2D eigenvalue weighted by Crippen LogP contribution is -2.47. The number of nitrogens with zero attached hydrogens (tertiary/aromatic N) is 4. The molecule has 0 radical (unpaired) electrons. The lowest BCUT2D eigenvalue weighted by molar-refractivity contribution is 0.00554. The van der Waals surface area contributed by atoms with E-state index in [0.29, 0.717) is 39.3 Å². The molecule has 4 rings (SSSR count). The standard InChI is InChI=1S/C30H43FN4O4Si/c1-22(39-20-30(24-7-9-25(31)10-8-24)11-13-34(14-12-30)29(36)37)27-18-26(33(2)3)17-23-19-35(32-28(23)27)21-38-15-16-40(4,5)6/h7-10,17-19,22H,11-16,20-21H2,1-6H3,(H,36,37). The Kier molecular flexibility index (Phi) is 9.21. The fourth-order valence-electron chi connectivity index (χ4n) is 5.19. The van der Waals surface area contributed by atoms with Gasteiger partial charge in [-0.1, -0.05) is 31.8 Å². The molecule has 1 aliphatic rings. The van der Waals surface area contributed by atoms with Gasteiger partial charge in [0.25, 0.3) is 0 Å². The van der Waals surface area contributed by atoms with E-state index in [-0.39, 0.29) is 11.9 Å². The molecule has 0 aliphatic carbocycles.